The molecular weight excluding hydrogens is 742 g/mol. The number of pyridine rings is 1. The number of likely N-dealkylation sites (N-methyl/N-ethyl adjacent to an activating group) is 1. The van der Waals surface area contributed by atoms with Crippen molar-refractivity contribution in [2.24, 2.45) is 28.9 Å². The second-order valence-electron chi connectivity index (χ2n) is 17.8. The molecule has 3 aromatic rings. The van der Waals surface area contributed by atoms with Crippen LogP contribution in [0.3, 0.4) is 0 Å². The lowest BCUT2D eigenvalue weighted by atomic mass is 9.45. The van der Waals surface area contributed by atoms with Gasteiger partial charge in [0.1, 0.15) is 23.7 Å². The number of aliphatic hydroxyl groups excluding tert-OH is 2. The summed E-state index contributed by atoms with van der Waals surface area (Å²) in [5, 5.41) is 29.3. The molecule has 6 N–H and O–H groups in total. The van der Waals surface area contributed by atoms with Crippen LogP contribution in [0.5, 0.6) is 5.75 Å². The molecule has 58 heavy (non-hydrogen) atoms. The van der Waals surface area contributed by atoms with Gasteiger partial charge in [0.2, 0.25) is 5.91 Å². The van der Waals surface area contributed by atoms with Gasteiger partial charge in [0.05, 0.1) is 31.9 Å². The van der Waals surface area contributed by atoms with Crippen LogP contribution >= 0.6 is 0 Å². The molecule has 13 nitrogen and oxygen atoms in total. The summed E-state index contributed by atoms with van der Waals surface area (Å²) < 4.78 is 21.8. The van der Waals surface area contributed by atoms with Gasteiger partial charge in [-0.3, -0.25) is 19.4 Å². The van der Waals surface area contributed by atoms with Gasteiger partial charge in [-0.05, 0) is 105 Å². The van der Waals surface area contributed by atoms with Gasteiger partial charge in [0, 0.05) is 73.4 Å². The number of carbonyl (C=O) groups excluding carboxylic acids is 2. The van der Waals surface area contributed by atoms with E-state index in [0.29, 0.717) is 58.5 Å². The minimum absolute atomic E-state index is 0.101. The van der Waals surface area contributed by atoms with Crippen LogP contribution < -0.4 is 26.0 Å². The zero-order valence-corrected chi connectivity index (χ0v) is 35.3. The third-order valence-electron chi connectivity index (χ3n) is 13.2. The van der Waals surface area contributed by atoms with E-state index in [-0.39, 0.29) is 35.9 Å². The van der Waals surface area contributed by atoms with E-state index < -0.39 is 42.1 Å². The Morgan fingerprint density at radius 2 is 1.88 bits per heavy atom. The minimum Gasteiger partial charge on any atom is -0.496 e. The van der Waals surface area contributed by atoms with Crippen LogP contribution in [0, 0.1) is 29.0 Å². The van der Waals surface area contributed by atoms with Gasteiger partial charge in [-0.2, -0.15) is 5.06 Å². The molecule has 3 aliphatic carbocycles. The number of hydrogen-bond acceptors (Lipinski definition) is 11. The lowest BCUT2D eigenvalue weighted by molar-refractivity contribution is -0.183. The molecule has 7 rings (SSSR count). The van der Waals surface area contributed by atoms with Crippen LogP contribution in [0.4, 0.5) is 10.1 Å². The van der Waals surface area contributed by atoms with Crippen LogP contribution in [-0.2, 0) is 22.6 Å². The number of halogens is 1. The first-order valence-corrected chi connectivity index (χ1v) is 20.2. The zero-order chi connectivity index (χ0) is 42.3. The number of nitrogens with one attached hydrogen (secondary N) is 2. The number of carbonyl (C=O) groups is 2. The predicted octanol–water partition coefficient (Wildman–Crippen LogP) is 3.61. The molecule has 2 amide bonds. The van der Waals surface area contributed by atoms with Crippen molar-refractivity contribution in [3.05, 3.63) is 77.4 Å². The molecule has 316 valence electrons. The molecule has 14 heteroatoms. The van der Waals surface area contributed by atoms with E-state index in [1.54, 1.807) is 18.3 Å². The Morgan fingerprint density at radius 3 is 2.47 bits per heavy atom. The average Bonchev–Trinajstić information content (AvgIpc) is 3.46. The molecule has 2 heterocycles. The predicted molar refractivity (Wildman–Crippen MR) is 221 cm³/mol. The number of hydrogen-bond donors (Lipinski definition) is 5. The van der Waals surface area contributed by atoms with Gasteiger partial charge in [0.25, 0.3) is 5.91 Å². The molecule has 0 spiro atoms. The van der Waals surface area contributed by atoms with E-state index in [2.05, 4.69) is 36.4 Å². The summed E-state index contributed by atoms with van der Waals surface area (Å²) in [5.41, 5.74) is 8.55. The quantitative estimate of drug-likeness (QED) is 0.153. The maximum atomic E-state index is 15.9. The van der Waals surface area contributed by atoms with Crippen LogP contribution in [0.15, 0.2) is 54.7 Å². The number of hydroxylamine groups is 2. The second kappa shape index (κ2) is 17.2. The molecule has 0 radical (unpaired) electrons. The number of amides is 2. The normalized spacial score (nSPS) is 27.4. The fourth-order valence-electron chi connectivity index (χ4n) is 9.71. The summed E-state index contributed by atoms with van der Waals surface area (Å²) >= 11 is 0. The molecular formula is C44H62FN7O6. The van der Waals surface area contributed by atoms with Gasteiger partial charge < -0.3 is 41.1 Å². The highest BCUT2D eigenvalue weighted by molar-refractivity contribution is 5.97. The highest BCUT2D eigenvalue weighted by atomic mass is 19.1. The molecule has 0 unspecified atom stereocenters. The topological polar surface area (TPSA) is 166 Å². The molecule has 4 fully saturated rings. The molecule has 1 aromatic heterocycles. The van der Waals surface area contributed by atoms with Crippen molar-refractivity contribution in [2.45, 2.75) is 89.4 Å². The van der Waals surface area contributed by atoms with E-state index in [1.807, 2.05) is 62.3 Å². The van der Waals surface area contributed by atoms with Crippen molar-refractivity contribution in [2.75, 3.05) is 53.4 Å². The van der Waals surface area contributed by atoms with Gasteiger partial charge in [0.15, 0.2) is 0 Å². The maximum Gasteiger partial charge on any atom is 0.251 e. The number of fused-ring (bicyclic) bond motifs is 2. The Kier molecular flexibility index (Phi) is 12.9. The molecule has 9 atom stereocenters. The van der Waals surface area contributed by atoms with E-state index >= 15 is 4.39 Å². The third-order valence-corrected chi connectivity index (χ3v) is 13.2. The van der Waals surface area contributed by atoms with Crippen molar-refractivity contribution in [1.82, 2.24) is 25.6 Å². The molecule has 1 aliphatic heterocycles. The largest absolute Gasteiger partial charge is 0.496 e. The van der Waals surface area contributed by atoms with Gasteiger partial charge in [-0.25, -0.2) is 4.39 Å². The number of ether oxygens (including phenoxy) is 1. The summed E-state index contributed by atoms with van der Waals surface area (Å²) in [4.78, 5) is 42.9. The lowest BCUT2D eigenvalue weighted by Crippen LogP contribution is -2.69. The van der Waals surface area contributed by atoms with E-state index in [4.69, 9.17) is 15.3 Å². The Hall–Kier alpha value is -4.18. The van der Waals surface area contributed by atoms with Crippen LogP contribution in [0.2, 0.25) is 0 Å². The maximum absolute atomic E-state index is 15.9. The summed E-state index contributed by atoms with van der Waals surface area (Å²) in [6.45, 7) is 8.06. The molecule has 2 aromatic carbocycles. The summed E-state index contributed by atoms with van der Waals surface area (Å²) in [6.07, 6.45) is 1.82. The van der Waals surface area contributed by atoms with E-state index in [1.165, 1.54) is 31.2 Å². The van der Waals surface area contributed by atoms with Crippen LogP contribution in [0.25, 0.3) is 11.1 Å². The van der Waals surface area contributed by atoms with Crippen molar-refractivity contribution in [1.29, 1.82) is 0 Å². The monoisotopic (exact) mass is 803 g/mol. The fourth-order valence-corrected chi connectivity index (χ4v) is 9.71. The van der Waals surface area contributed by atoms with Crippen LogP contribution in [-0.4, -0.2) is 121 Å². The van der Waals surface area contributed by atoms with Gasteiger partial charge in [-0.1, -0.05) is 26.8 Å². The van der Waals surface area contributed by atoms with E-state index in [0.717, 1.165) is 18.5 Å². The average molecular weight is 804 g/mol. The number of aliphatic hydroxyl groups is 2. The standard InChI is InChI=1S/C44H62FN7O6/c1-25-36-18-30(43(36,3)4)19-37(25)49-42(56)40-44(46,26(2)54)38(24-53)58-52(40)22-29-15-31(45)20-35(39(29)57-9)27-14-28(17-34(16-27)51(7)8)41(55)48-33(23-50(5)6)21-32-12-10-11-13-47-32/h10-17,20,25-26,30,33,36-38,40,53-54H,18-19,21-24,46H2,1-9H3,(H,48,55)(H,49,56)/t25-,26-,30+,33-,36-,37-,38-,40+,44-/m0/s1. The number of rotatable bonds is 15. The summed E-state index contributed by atoms with van der Waals surface area (Å²) in [5.74, 6) is 0.151. The van der Waals surface area contributed by atoms with E-state index in [9.17, 15) is 19.8 Å². The van der Waals surface area contributed by atoms with Gasteiger partial charge in [-0.15, -0.1) is 0 Å². The molecule has 2 bridgehead atoms. The van der Waals surface area contributed by atoms with Crippen molar-refractivity contribution in [3.63, 3.8) is 0 Å². The zero-order valence-electron chi connectivity index (χ0n) is 35.3. The SMILES string of the molecule is COc1c(CN2O[C@@H](CO)[C@@](N)([C@H](C)O)[C@H]2C(=O)N[C@H]2C[C@H]3C[C@@H]([C@@H]2C)C3(C)C)cc(F)cc1-c1cc(C(=O)N[C@@H](Cc2ccccn2)CN(C)C)cc(N(C)C)c1. The fraction of sp³-hybridized carbons (Fsp3) is 0.568. The first-order chi connectivity index (χ1) is 27.4. The first kappa shape index (κ1) is 43.4. The Bertz CT molecular complexity index is 1950. The Balaban J connectivity index is 1.33. The minimum atomic E-state index is -1.70. The van der Waals surface area contributed by atoms with Crippen molar-refractivity contribution < 1.29 is 33.8 Å². The van der Waals surface area contributed by atoms with Crippen molar-refractivity contribution >= 4 is 17.5 Å². The molecule has 3 saturated carbocycles. The first-order valence-electron chi connectivity index (χ1n) is 20.2. The third kappa shape index (κ3) is 8.45. The number of aromatic nitrogens is 1. The summed E-state index contributed by atoms with van der Waals surface area (Å²) in [6, 6.07) is 12.1. The Labute approximate surface area is 342 Å². The van der Waals surface area contributed by atoms with Crippen molar-refractivity contribution in [3.8, 4) is 16.9 Å². The van der Waals surface area contributed by atoms with Crippen LogP contribution in [0.1, 0.15) is 62.2 Å². The lowest BCUT2D eigenvalue weighted by Gasteiger charge is -2.62. The Morgan fingerprint density at radius 1 is 1.14 bits per heavy atom. The number of anilines is 1. The smallest absolute Gasteiger partial charge is 0.251 e. The highest BCUT2D eigenvalue weighted by Crippen LogP contribution is 2.61. The number of nitrogens with zero attached hydrogens (tertiary/aromatic N) is 4. The van der Waals surface area contributed by atoms with Gasteiger partial charge >= 0.3 is 0 Å². The number of benzene rings is 2. The molecule has 4 aliphatic rings. The highest BCUT2D eigenvalue weighted by Gasteiger charge is 2.61. The number of methoxy groups -OCH3 is 1. The number of nitrogens with two attached hydrogens (primary N) is 1. The summed E-state index contributed by atoms with van der Waals surface area (Å²) in [7, 11) is 9.08. The molecule has 1 saturated heterocycles. The second-order valence-corrected chi connectivity index (χ2v) is 17.8.